The van der Waals surface area contributed by atoms with Crippen LogP contribution in [0.5, 0.6) is 0 Å². The maximum Gasteiger partial charge on any atom is 0.247 e. The van der Waals surface area contributed by atoms with Gasteiger partial charge in [0, 0.05) is 27.2 Å². The minimum Gasteiger partial charge on any atom is -0.394 e. The first-order valence-electron chi connectivity index (χ1n) is 6.65. The summed E-state index contributed by atoms with van der Waals surface area (Å²) >= 11 is 0. The van der Waals surface area contributed by atoms with Crippen molar-refractivity contribution < 1.29 is 4.79 Å². The number of nitrogen functional groups attached to an aromatic ring is 1. The Morgan fingerprint density at radius 3 is 2.47 bits per heavy atom. The lowest BCUT2D eigenvalue weighted by Gasteiger charge is -2.45. The zero-order valence-electron chi connectivity index (χ0n) is 12.4. The quantitative estimate of drug-likeness (QED) is 0.851. The summed E-state index contributed by atoms with van der Waals surface area (Å²) < 4.78 is 1.79. The molecule has 0 atom stereocenters. The highest BCUT2D eigenvalue weighted by Crippen LogP contribution is 2.34. The largest absolute Gasteiger partial charge is 0.394 e. The van der Waals surface area contributed by atoms with E-state index in [-0.39, 0.29) is 5.91 Å². The summed E-state index contributed by atoms with van der Waals surface area (Å²) in [6.07, 6.45) is 0.793. The number of rotatable bonds is 2. The van der Waals surface area contributed by atoms with Crippen LogP contribution in [0.3, 0.4) is 0 Å². The van der Waals surface area contributed by atoms with Crippen molar-refractivity contribution in [1.29, 1.82) is 0 Å². The molecule has 2 N–H and O–H groups in total. The summed E-state index contributed by atoms with van der Waals surface area (Å²) in [5.74, 6) is 0.959. The van der Waals surface area contributed by atoms with Gasteiger partial charge in [0.2, 0.25) is 5.91 Å². The number of nitrogens with two attached hydrogens (primary N) is 1. The van der Waals surface area contributed by atoms with Crippen molar-refractivity contribution in [2.45, 2.75) is 32.7 Å². The maximum atomic E-state index is 12.3. The van der Waals surface area contributed by atoms with E-state index in [4.69, 9.17) is 5.73 Å². The zero-order valence-corrected chi connectivity index (χ0v) is 12.4. The van der Waals surface area contributed by atoms with Crippen molar-refractivity contribution in [3.8, 4) is 0 Å². The molecular weight excluding hydrogens is 242 g/mol. The van der Waals surface area contributed by atoms with Gasteiger partial charge in [-0.1, -0.05) is 6.92 Å². The molecule has 0 radical (unpaired) electrons. The van der Waals surface area contributed by atoms with Crippen LogP contribution in [0.15, 0.2) is 0 Å². The predicted molar refractivity (Wildman–Crippen MR) is 76.1 cm³/mol. The van der Waals surface area contributed by atoms with Crippen LogP contribution >= 0.6 is 0 Å². The van der Waals surface area contributed by atoms with E-state index in [0.29, 0.717) is 12.2 Å². The van der Waals surface area contributed by atoms with Crippen molar-refractivity contribution in [1.82, 2.24) is 14.7 Å². The van der Waals surface area contributed by atoms with E-state index < -0.39 is 5.54 Å². The fourth-order valence-electron chi connectivity index (χ4n) is 2.75. The van der Waals surface area contributed by atoms with E-state index in [1.165, 1.54) is 0 Å². The van der Waals surface area contributed by atoms with Gasteiger partial charge in [-0.25, -0.2) is 0 Å². The highest BCUT2D eigenvalue weighted by atomic mass is 16.2. The third-order valence-electron chi connectivity index (χ3n) is 3.92. The van der Waals surface area contributed by atoms with E-state index in [1.54, 1.807) is 9.58 Å². The predicted octanol–water partition coefficient (Wildman–Crippen LogP) is 0.622. The fraction of sp³-hybridized carbons (Fsp3) is 0.692. The third-order valence-corrected chi connectivity index (χ3v) is 3.92. The lowest BCUT2D eigenvalue weighted by atomic mass is 9.97. The normalized spacial score (nSPS) is 19.1. The maximum absolute atomic E-state index is 12.3. The highest BCUT2D eigenvalue weighted by Gasteiger charge is 2.42. The molecule has 2 heterocycles. The van der Waals surface area contributed by atoms with E-state index in [2.05, 4.69) is 10.00 Å². The van der Waals surface area contributed by atoms with Gasteiger partial charge in [-0.15, -0.1) is 0 Å². The molecule has 1 saturated heterocycles. The summed E-state index contributed by atoms with van der Waals surface area (Å²) in [7, 11) is 3.72. The lowest BCUT2D eigenvalue weighted by molar-refractivity contribution is -0.136. The molecule has 0 unspecified atom stereocenters. The molecule has 19 heavy (non-hydrogen) atoms. The van der Waals surface area contributed by atoms with Crippen molar-refractivity contribution in [2.75, 3.05) is 30.8 Å². The average Bonchev–Trinajstić information content (AvgIpc) is 2.63. The fourth-order valence-corrected chi connectivity index (χ4v) is 2.75. The molecule has 2 rings (SSSR count). The summed E-state index contributed by atoms with van der Waals surface area (Å²) in [6.45, 7) is 7.37. The van der Waals surface area contributed by atoms with Gasteiger partial charge < -0.3 is 15.5 Å². The molecule has 106 valence electrons. The zero-order chi connectivity index (χ0) is 14.4. The SMILES string of the molecule is CCc1nn(C)c(N2CCN(C)C(=O)C2(C)C)c1N. The van der Waals surface area contributed by atoms with Crippen LogP contribution in [-0.4, -0.2) is 46.3 Å². The molecule has 0 aromatic carbocycles. The van der Waals surface area contributed by atoms with Gasteiger partial charge in [-0.05, 0) is 20.3 Å². The number of nitrogens with zero attached hydrogens (tertiary/aromatic N) is 4. The minimum absolute atomic E-state index is 0.109. The van der Waals surface area contributed by atoms with Crippen LogP contribution in [-0.2, 0) is 18.3 Å². The van der Waals surface area contributed by atoms with Crippen LogP contribution in [0.2, 0.25) is 0 Å². The number of carbonyl (C=O) groups is 1. The number of amides is 1. The first kappa shape index (κ1) is 13.7. The first-order valence-corrected chi connectivity index (χ1v) is 6.65. The molecule has 6 heteroatoms. The number of anilines is 2. The van der Waals surface area contributed by atoms with Gasteiger partial charge in [0.25, 0.3) is 0 Å². The molecule has 1 aromatic heterocycles. The molecule has 1 aromatic rings. The van der Waals surface area contributed by atoms with Gasteiger partial charge >= 0.3 is 0 Å². The Hall–Kier alpha value is -1.72. The van der Waals surface area contributed by atoms with Gasteiger partial charge in [-0.3, -0.25) is 9.48 Å². The first-order chi connectivity index (χ1) is 8.80. The topological polar surface area (TPSA) is 67.4 Å². The second-order valence-corrected chi connectivity index (χ2v) is 5.60. The Labute approximate surface area is 114 Å². The van der Waals surface area contributed by atoms with Crippen molar-refractivity contribution >= 4 is 17.4 Å². The number of hydrogen-bond acceptors (Lipinski definition) is 4. The van der Waals surface area contributed by atoms with Gasteiger partial charge in [0.05, 0.1) is 11.4 Å². The van der Waals surface area contributed by atoms with Crippen molar-refractivity contribution in [3.05, 3.63) is 5.69 Å². The number of hydrogen-bond donors (Lipinski definition) is 1. The molecule has 0 spiro atoms. The number of piperazine rings is 1. The molecule has 0 aliphatic carbocycles. The van der Waals surface area contributed by atoms with Gasteiger partial charge in [0.1, 0.15) is 5.54 Å². The smallest absolute Gasteiger partial charge is 0.247 e. The Balaban J connectivity index is 2.47. The van der Waals surface area contributed by atoms with Crippen molar-refractivity contribution in [3.63, 3.8) is 0 Å². The molecule has 0 bridgehead atoms. The molecular formula is C13H23N5O. The van der Waals surface area contributed by atoms with Gasteiger partial charge in [-0.2, -0.15) is 5.10 Å². The van der Waals surface area contributed by atoms with E-state index >= 15 is 0 Å². The summed E-state index contributed by atoms with van der Waals surface area (Å²) in [6, 6.07) is 0. The Bertz CT molecular complexity index is 505. The van der Waals surface area contributed by atoms with E-state index in [1.807, 2.05) is 34.9 Å². The minimum atomic E-state index is -0.597. The monoisotopic (exact) mass is 265 g/mol. The second kappa shape index (κ2) is 4.43. The number of aryl methyl sites for hydroxylation is 2. The van der Waals surface area contributed by atoms with Crippen LogP contribution in [0, 0.1) is 0 Å². The number of carbonyl (C=O) groups excluding carboxylic acids is 1. The highest BCUT2D eigenvalue weighted by molar-refractivity contribution is 5.91. The van der Waals surface area contributed by atoms with Crippen LogP contribution in [0.4, 0.5) is 11.5 Å². The standard InChI is InChI=1S/C13H23N5O/c1-6-9-10(14)11(17(5)15-9)18-8-7-16(4)12(19)13(18,2)3/h6-8,14H2,1-5H3. The van der Waals surface area contributed by atoms with Gasteiger partial charge in [0.15, 0.2) is 5.82 Å². The molecule has 6 nitrogen and oxygen atoms in total. The number of aromatic nitrogens is 2. The molecule has 1 amide bonds. The average molecular weight is 265 g/mol. The van der Waals surface area contributed by atoms with Crippen molar-refractivity contribution in [2.24, 2.45) is 7.05 Å². The second-order valence-electron chi connectivity index (χ2n) is 5.60. The van der Waals surface area contributed by atoms with Crippen LogP contribution in [0.25, 0.3) is 0 Å². The summed E-state index contributed by atoms with van der Waals surface area (Å²) in [4.78, 5) is 16.2. The van der Waals surface area contributed by atoms with Crippen LogP contribution < -0.4 is 10.6 Å². The van der Waals surface area contributed by atoms with E-state index in [0.717, 1.165) is 24.5 Å². The van der Waals surface area contributed by atoms with Crippen LogP contribution in [0.1, 0.15) is 26.5 Å². The molecule has 1 aliphatic rings. The third kappa shape index (κ3) is 1.95. The summed E-state index contributed by atoms with van der Waals surface area (Å²) in [5.41, 5.74) is 7.18. The molecule has 1 fully saturated rings. The van der Waals surface area contributed by atoms with E-state index in [9.17, 15) is 4.79 Å². The molecule has 1 aliphatic heterocycles. The lowest BCUT2D eigenvalue weighted by Crippen LogP contribution is -2.62. The molecule has 0 saturated carbocycles. The Kier molecular flexibility index (Phi) is 3.20. The summed E-state index contributed by atoms with van der Waals surface area (Å²) in [5, 5.41) is 4.44. The number of likely N-dealkylation sites (N-methyl/N-ethyl adjacent to an activating group) is 1. The Morgan fingerprint density at radius 1 is 1.32 bits per heavy atom. The Morgan fingerprint density at radius 2 is 1.95 bits per heavy atom.